The Labute approximate surface area is 242 Å². The fourth-order valence-electron chi connectivity index (χ4n) is 4.04. The van der Waals surface area contributed by atoms with Gasteiger partial charge in [0.05, 0.1) is 10.7 Å². The van der Waals surface area contributed by atoms with Crippen LogP contribution in [-0.2, 0) is 14.3 Å². The van der Waals surface area contributed by atoms with Crippen LogP contribution in [0, 0.1) is 13.8 Å². The van der Waals surface area contributed by atoms with Crippen LogP contribution in [0.25, 0.3) is 0 Å². The Hall–Kier alpha value is -2.71. The first-order chi connectivity index (χ1) is 18.4. The van der Waals surface area contributed by atoms with Gasteiger partial charge in [0, 0.05) is 6.54 Å². The van der Waals surface area contributed by atoms with Crippen molar-refractivity contribution in [2.45, 2.75) is 78.5 Å². The normalized spacial score (nSPS) is 12.8. The van der Waals surface area contributed by atoms with E-state index in [0.717, 1.165) is 17.5 Å². The minimum absolute atomic E-state index is 0.333. The zero-order valence-electron chi connectivity index (χ0n) is 24.1. The van der Waals surface area contributed by atoms with E-state index in [9.17, 15) is 14.4 Å². The summed E-state index contributed by atoms with van der Waals surface area (Å²) in [5.74, 6) is -0.0611. The van der Waals surface area contributed by atoms with Crippen molar-refractivity contribution in [3.05, 3.63) is 64.2 Å². The van der Waals surface area contributed by atoms with Crippen molar-refractivity contribution in [1.29, 1.82) is 0 Å². The lowest BCUT2D eigenvalue weighted by Gasteiger charge is -2.34. The molecular formula is C30H42ClN3O4S. The molecule has 214 valence electrons. The van der Waals surface area contributed by atoms with E-state index in [-0.39, 0.29) is 11.8 Å². The molecule has 0 aromatic heterocycles. The number of ether oxygens (including phenoxy) is 1. The number of halogens is 1. The third-order valence-corrected chi connectivity index (χ3v) is 7.02. The van der Waals surface area contributed by atoms with Crippen molar-refractivity contribution < 1.29 is 19.1 Å². The highest BCUT2D eigenvalue weighted by atomic mass is 35.5. The van der Waals surface area contributed by atoms with Gasteiger partial charge in [0.15, 0.2) is 0 Å². The van der Waals surface area contributed by atoms with E-state index >= 15 is 0 Å². The molecule has 9 heteroatoms. The van der Waals surface area contributed by atoms with Gasteiger partial charge in [-0.1, -0.05) is 66.9 Å². The molecule has 0 aliphatic heterocycles. The number of thioether (sulfide) groups is 1. The summed E-state index contributed by atoms with van der Waals surface area (Å²) >= 11 is 8.01. The Morgan fingerprint density at radius 1 is 1.08 bits per heavy atom. The molecule has 2 aromatic rings. The summed E-state index contributed by atoms with van der Waals surface area (Å²) in [7, 11) is 0. The zero-order chi connectivity index (χ0) is 29.2. The molecule has 2 rings (SSSR count). The van der Waals surface area contributed by atoms with E-state index in [1.165, 1.54) is 0 Å². The van der Waals surface area contributed by atoms with Crippen molar-refractivity contribution >= 4 is 47.0 Å². The lowest BCUT2D eigenvalue weighted by Crippen LogP contribution is -2.52. The first-order valence-electron chi connectivity index (χ1n) is 13.3. The summed E-state index contributed by atoms with van der Waals surface area (Å²) in [5, 5.41) is 6.16. The highest BCUT2D eigenvalue weighted by Gasteiger charge is 2.36. The number of para-hydroxylation sites is 1. The van der Waals surface area contributed by atoms with Crippen molar-refractivity contribution in [2.75, 3.05) is 23.9 Å². The van der Waals surface area contributed by atoms with Crippen LogP contribution in [0.3, 0.4) is 0 Å². The molecule has 0 heterocycles. The molecule has 0 radical (unpaired) electrons. The van der Waals surface area contributed by atoms with Crippen LogP contribution in [0.2, 0.25) is 5.02 Å². The summed E-state index contributed by atoms with van der Waals surface area (Å²) in [6.07, 6.45) is 3.19. The minimum Gasteiger partial charge on any atom is -0.444 e. The number of aryl methyl sites for hydroxylation is 2. The summed E-state index contributed by atoms with van der Waals surface area (Å²) in [4.78, 5) is 42.4. The molecule has 2 atom stereocenters. The van der Waals surface area contributed by atoms with Crippen molar-refractivity contribution in [1.82, 2.24) is 10.2 Å². The quantitative estimate of drug-likeness (QED) is 0.287. The van der Waals surface area contributed by atoms with E-state index in [1.807, 2.05) is 63.4 Å². The molecule has 0 spiro atoms. The monoisotopic (exact) mass is 575 g/mol. The smallest absolute Gasteiger partial charge is 0.408 e. The predicted octanol–water partition coefficient (Wildman–Crippen LogP) is 6.91. The van der Waals surface area contributed by atoms with Gasteiger partial charge in [-0.15, -0.1) is 0 Å². The summed E-state index contributed by atoms with van der Waals surface area (Å²) in [6, 6.07) is 11.2. The fourth-order valence-corrected chi connectivity index (χ4v) is 4.78. The molecule has 0 saturated carbocycles. The molecular weight excluding hydrogens is 534 g/mol. The Morgan fingerprint density at radius 3 is 2.31 bits per heavy atom. The molecule has 0 aliphatic carbocycles. The first kappa shape index (κ1) is 32.5. The van der Waals surface area contributed by atoms with Gasteiger partial charge in [-0.3, -0.25) is 9.59 Å². The number of carbonyl (C=O) groups excluding carboxylic acids is 3. The van der Waals surface area contributed by atoms with Gasteiger partial charge < -0.3 is 20.3 Å². The third kappa shape index (κ3) is 10.1. The molecule has 2 aromatic carbocycles. The number of rotatable bonds is 12. The maximum absolute atomic E-state index is 14.2. The van der Waals surface area contributed by atoms with Crippen molar-refractivity contribution in [3.63, 3.8) is 0 Å². The molecule has 3 amide bonds. The SMILES string of the molecule is CCCCN(C(=O)C(CCSC)NC(=O)OC(C)(C)C)C(C(=O)Nc1c(C)cccc1Cl)c1ccc(C)cc1. The third-order valence-electron chi connectivity index (χ3n) is 6.06. The van der Waals surface area contributed by atoms with E-state index in [1.54, 1.807) is 43.5 Å². The zero-order valence-corrected chi connectivity index (χ0v) is 25.7. The maximum Gasteiger partial charge on any atom is 0.408 e. The van der Waals surface area contributed by atoms with E-state index < -0.39 is 23.8 Å². The minimum atomic E-state index is -0.933. The number of amides is 3. The standard InChI is InChI=1S/C30H42ClN3O4S/c1-8-9-18-34(28(36)24(17-19-39-7)32-29(37)38-30(4,5)6)26(22-15-13-20(2)14-16-22)27(35)33-25-21(3)11-10-12-23(25)31/h10-16,24,26H,8-9,17-19H2,1-7H3,(H,32,37)(H,33,35). The number of hydrogen-bond acceptors (Lipinski definition) is 5. The average molecular weight is 576 g/mol. The second-order valence-electron chi connectivity index (χ2n) is 10.6. The van der Waals surface area contributed by atoms with Gasteiger partial charge in [-0.2, -0.15) is 11.8 Å². The van der Waals surface area contributed by atoms with Gasteiger partial charge in [0.25, 0.3) is 5.91 Å². The molecule has 2 unspecified atom stereocenters. The van der Waals surface area contributed by atoms with E-state index in [4.69, 9.17) is 16.3 Å². The van der Waals surface area contributed by atoms with Crippen LogP contribution in [0.15, 0.2) is 42.5 Å². The van der Waals surface area contributed by atoms with Crippen LogP contribution >= 0.6 is 23.4 Å². The molecule has 0 aliphatic rings. The van der Waals surface area contributed by atoms with Crippen LogP contribution in [-0.4, -0.2) is 53.0 Å². The van der Waals surface area contributed by atoms with Crippen LogP contribution in [0.1, 0.15) is 69.7 Å². The molecule has 0 fully saturated rings. The maximum atomic E-state index is 14.2. The second-order valence-corrected chi connectivity index (χ2v) is 12.0. The molecule has 2 N–H and O–H groups in total. The molecule has 0 bridgehead atoms. The molecule has 0 saturated heterocycles. The predicted molar refractivity (Wildman–Crippen MR) is 162 cm³/mol. The number of hydrogen-bond donors (Lipinski definition) is 2. The van der Waals surface area contributed by atoms with Crippen molar-refractivity contribution in [2.24, 2.45) is 0 Å². The largest absolute Gasteiger partial charge is 0.444 e. The summed E-state index contributed by atoms with van der Waals surface area (Å²) < 4.78 is 5.45. The number of anilines is 1. The van der Waals surface area contributed by atoms with Gasteiger partial charge >= 0.3 is 6.09 Å². The summed E-state index contributed by atoms with van der Waals surface area (Å²) in [5.41, 5.74) is 2.32. The number of nitrogens with zero attached hydrogens (tertiary/aromatic N) is 1. The second kappa shape index (κ2) is 15.2. The highest BCUT2D eigenvalue weighted by molar-refractivity contribution is 7.98. The van der Waals surface area contributed by atoms with Gasteiger partial charge in [0.2, 0.25) is 5.91 Å². The topological polar surface area (TPSA) is 87.7 Å². The highest BCUT2D eigenvalue weighted by Crippen LogP contribution is 2.30. The lowest BCUT2D eigenvalue weighted by atomic mass is 10.00. The van der Waals surface area contributed by atoms with E-state index in [2.05, 4.69) is 10.6 Å². The first-order valence-corrected chi connectivity index (χ1v) is 15.1. The number of carbonyl (C=O) groups is 3. The van der Waals surface area contributed by atoms with E-state index in [0.29, 0.717) is 41.4 Å². The van der Waals surface area contributed by atoms with Crippen LogP contribution in [0.4, 0.5) is 10.5 Å². The van der Waals surface area contributed by atoms with Crippen LogP contribution < -0.4 is 10.6 Å². The Kier molecular flexibility index (Phi) is 12.6. The number of alkyl carbamates (subject to hydrolysis) is 1. The lowest BCUT2D eigenvalue weighted by molar-refractivity contribution is -0.141. The number of unbranched alkanes of at least 4 members (excludes halogenated alkanes) is 1. The fraction of sp³-hybridized carbons (Fsp3) is 0.500. The van der Waals surface area contributed by atoms with Crippen molar-refractivity contribution in [3.8, 4) is 0 Å². The summed E-state index contributed by atoms with van der Waals surface area (Å²) in [6.45, 7) is 11.5. The van der Waals surface area contributed by atoms with Crippen LogP contribution in [0.5, 0.6) is 0 Å². The Bertz CT molecular complexity index is 1100. The van der Waals surface area contributed by atoms with Gasteiger partial charge in [0.1, 0.15) is 17.7 Å². The van der Waals surface area contributed by atoms with Gasteiger partial charge in [-0.25, -0.2) is 4.79 Å². The number of benzene rings is 2. The van der Waals surface area contributed by atoms with Gasteiger partial charge in [-0.05, 0) is 76.7 Å². The Morgan fingerprint density at radius 2 is 1.74 bits per heavy atom. The average Bonchev–Trinajstić information content (AvgIpc) is 2.86. The molecule has 39 heavy (non-hydrogen) atoms. The Balaban J connectivity index is 2.53. The number of nitrogens with one attached hydrogen (secondary N) is 2. The molecule has 7 nitrogen and oxygen atoms in total.